The van der Waals surface area contributed by atoms with Crippen LogP contribution in [0.1, 0.15) is 33.9 Å². The molecule has 1 unspecified atom stereocenters. The highest BCUT2D eigenvalue weighted by molar-refractivity contribution is 5.44. The fourth-order valence-electron chi connectivity index (χ4n) is 4.97. The van der Waals surface area contributed by atoms with Gasteiger partial charge in [-0.2, -0.15) is 0 Å². The van der Waals surface area contributed by atoms with E-state index < -0.39 is 5.56 Å². The minimum absolute atomic E-state index is 0.0631. The molecule has 8 nitrogen and oxygen atoms in total. The average molecular weight is 515 g/mol. The lowest BCUT2D eigenvalue weighted by molar-refractivity contribution is -0.0334. The van der Waals surface area contributed by atoms with E-state index >= 15 is 0 Å². The number of nitrogens with one attached hydrogen (secondary N) is 1. The number of methoxy groups -OCH3 is 2. The van der Waals surface area contributed by atoms with Gasteiger partial charge in [0.15, 0.2) is 0 Å². The topological polar surface area (TPSA) is 90.9 Å². The molecule has 5 rings (SSSR count). The highest BCUT2D eigenvalue weighted by Crippen LogP contribution is 2.26. The molecule has 0 spiro atoms. The maximum Gasteiger partial charge on any atom is 0.293 e. The van der Waals surface area contributed by atoms with E-state index in [0.717, 1.165) is 56.0 Å². The molecule has 0 radical (unpaired) electrons. The van der Waals surface area contributed by atoms with Gasteiger partial charge in [0.25, 0.3) is 5.56 Å². The largest absolute Gasteiger partial charge is 0.502 e. The number of aromatic hydroxyl groups is 1. The van der Waals surface area contributed by atoms with Crippen LogP contribution in [0.2, 0.25) is 0 Å². The van der Waals surface area contributed by atoms with Crippen LogP contribution in [0.25, 0.3) is 0 Å². The minimum atomic E-state index is -0.518. The monoisotopic (exact) mass is 514 g/mol. The van der Waals surface area contributed by atoms with E-state index in [1.807, 2.05) is 12.1 Å². The van der Waals surface area contributed by atoms with Crippen molar-refractivity contribution >= 4 is 0 Å². The van der Waals surface area contributed by atoms with Crippen LogP contribution in [0.3, 0.4) is 0 Å². The second-order valence-corrected chi connectivity index (χ2v) is 10.1. The lowest BCUT2D eigenvalue weighted by atomic mass is 9.91. The van der Waals surface area contributed by atoms with Crippen molar-refractivity contribution in [2.45, 2.75) is 31.1 Å². The average Bonchev–Trinajstić information content (AvgIpc) is 2.89. The minimum Gasteiger partial charge on any atom is -0.502 e. The molecule has 2 aliphatic rings. The van der Waals surface area contributed by atoms with Crippen molar-refractivity contribution < 1.29 is 14.6 Å². The third-order valence-electron chi connectivity index (χ3n) is 7.43. The molecule has 2 N–H and O–H groups in total. The number of benzene rings is 2. The molecule has 2 aromatic carbocycles. The third-order valence-corrected chi connectivity index (χ3v) is 7.43. The Balaban J connectivity index is 1.24. The van der Waals surface area contributed by atoms with Crippen molar-refractivity contribution in [1.29, 1.82) is 0 Å². The van der Waals surface area contributed by atoms with E-state index in [1.165, 1.54) is 11.9 Å². The summed E-state index contributed by atoms with van der Waals surface area (Å²) >= 11 is 0. The third kappa shape index (κ3) is 6.32. The van der Waals surface area contributed by atoms with E-state index in [9.17, 15) is 9.90 Å². The van der Waals surface area contributed by atoms with E-state index in [-0.39, 0.29) is 17.8 Å². The SMILES string of the molecule is COC1CN(Cc2ccc(C#Cc3ccc(C(Cc4nc[nH]c(=O)c4O)CN4CC(OC)C4)cc3)cc2)C1. The smallest absolute Gasteiger partial charge is 0.293 e. The Hall–Kier alpha value is -3.48. The summed E-state index contributed by atoms with van der Waals surface area (Å²) in [6, 6.07) is 16.6. The van der Waals surface area contributed by atoms with Crippen molar-refractivity contribution in [3.8, 4) is 17.6 Å². The van der Waals surface area contributed by atoms with Crippen molar-refractivity contribution in [3.05, 3.63) is 93.2 Å². The van der Waals surface area contributed by atoms with Gasteiger partial charge in [0, 0.05) is 77.0 Å². The summed E-state index contributed by atoms with van der Waals surface area (Å²) < 4.78 is 10.8. The molecule has 3 heterocycles. The van der Waals surface area contributed by atoms with E-state index in [4.69, 9.17) is 9.47 Å². The predicted octanol–water partition coefficient (Wildman–Crippen LogP) is 2.36. The molecular formula is C30H34N4O4. The van der Waals surface area contributed by atoms with E-state index in [0.29, 0.717) is 18.2 Å². The van der Waals surface area contributed by atoms with Crippen molar-refractivity contribution in [3.63, 3.8) is 0 Å². The van der Waals surface area contributed by atoms with Gasteiger partial charge in [-0.15, -0.1) is 0 Å². The van der Waals surface area contributed by atoms with Crippen molar-refractivity contribution in [2.75, 3.05) is 46.9 Å². The lowest BCUT2D eigenvalue weighted by Crippen LogP contribution is -2.53. The molecule has 3 aromatic rings. The highest BCUT2D eigenvalue weighted by atomic mass is 16.5. The van der Waals surface area contributed by atoms with Crippen LogP contribution in [-0.4, -0.2) is 84.0 Å². The van der Waals surface area contributed by atoms with Gasteiger partial charge in [-0.3, -0.25) is 14.6 Å². The highest BCUT2D eigenvalue weighted by Gasteiger charge is 2.29. The molecule has 198 valence electrons. The zero-order valence-corrected chi connectivity index (χ0v) is 21.9. The maximum atomic E-state index is 11.9. The van der Waals surface area contributed by atoms with Gasteiger partial charge in [0.05, 0.1) is 24.2 Å². The Labute approximate surface area is 223 Å². The zero-order chi connectivity index (χ0) is 26.5. The summed E-state index contributed by atoms with van der Waals surface area (Å²) in [5.41, 5.74) is 4.20. The molecular weight excluding hydrogens is 480 g/mol. The van der Waals surface area contributed by atoms with E-state index in [1.54, 1.807) is 14.2 Å². The number of hydrogen-bond donors (Lipinski definition) is 2. The molecule has 0 amide bonds. The van der Waals surface area contributed by atoms with Gasteiger partial charge in [0.2, 0.25) is 5.75 Å². The Morgan fingerprint density at radius 2 is 1.53 bits per heavy atom. The number of aromatic amines is 1. The molecule has 8 heteroatoms. The van der Waals surface area contributed by atoms with Crippen LogP contribution >= 0.6 is 0 Å². The number of likely N-dealkylation sites (tertiary alicyclic amines) is 2. The van der Waals surface area contributed by atoms with E-state index in [2.05, 4.69) is 68.0 Å². The van der Waals surface area contributed by atoms with Crippen molar-refractivity contribution in [1.82, 2.24) is 19.8 Å². The van der Waals surface area contributed by atoms with Crippen LogP contribution in [0, 0.1) is 11.8 Å². The summed E-state index contributed by atoms with van der Waals surface area (Å²) in [4.78, 5) is 23.2. The van der Waals surface area contributed by atoms with Crippen LogP contribution in [-0.2, 0) is 22.4 Å². The molecule has 1 aromatic heterocycles. The van der Waals surface area contributed by atoms with Gasteiger partial charge in [-0.1, -0.05) is 36.1 Å². The Bertz CT molecular complexity index is 1330. The number of aromatic nitrogens is 2. The quantitative estimate of drug-likeness (QED) is 0.424. The normalized spacial score (nSPS) is 17.3. The predicted molar refractivity (Wildman–Crippen MR) is 145 cm³/mol. The number of rotatable bonds is 9. The summed E-state index contributed by atoms with van der Waals surface area (Å²) in [5.74, 6) is 6.28. The fraction of sp³-hybridized carbons (Fsp3) is 0.400. The number of H-pyrrole nitrogens is 1. The van der Waals surface area contributed by atoms with Crippen LogP contribution in [0.15, 0.2) is 59.7 Å². The number of nitrogens with zero attached hydrogens (tertiary/aromatic N) is 3. The van der Waals surface area contributed by atoms with Crippen LogP contribution < -0.4 is 5.56 Å². The molecule has 38 heavy (non-hydrogen) atoms. The lowest BCUT2D eigenvalue weighted by Gasteiger charge is -2.40. The first kappa shape index (κ1) is 26.1. The zero-order valence-electron chi connectivity index (χ0n) is 21.9. The van der Waals surface area contributed by atoms with Crippen LogP contribution in [0.4, 0.5) is 0 Å². The first-order valence-corrected chi connectivity index (χ1v) is 13.0. The second kappa shape index (κ2) is 11.9. The number of ether oxygens (including phenoxy) is 2. The summed E-state index contributed by atoms with van der Waals surface area (Å²) in [6.07, 6.45) is 2.43. The summed E-state index contributed by atoms with van der Waals surface area (Å²) in [7, 11) is 3.50. The molecule has 0 aliphatic carbocycles. The molecule has 0 saturated carbocycles. The van der Waals surface area contributed by atoms with Gasteiger partial charge in [-0.05, 0) is 35.4 Å². The fourth-order valence-corrected chi connectivity index (χ4v) is 4.97. The van der Waals surface area contributed by atoms with Crippen LogP contribution in [0.5, 0.6) is 5.75 Å². The van der Waals surface area contributed by atoms with Gasteiger partial charge >= 0.3 is 0 Å². The molecule has 2 saturated heterocycles. The molecule has 0 bridgehead atoms. The van der Waals surface area contributed by atoms with Gasteiger partial charge in [0.1, 0.15) is 0 Å². The van der Waals surface area contributed by atoms with Crippen molar-refractivity contribution in [2.24, 2.45) is 0 Å². The molecule has 2 aliphatic heterocycles. The Morgan fingerprint density at radius 3 is 2.13 bits per heavy atom. The first-order chi connectivity index (χ1) is 18.5. The van der Waals surface area contributed by atoms with Gasteiger partial charge < -0.3 is 19.6 Å². The first-order valence-electron chi connectivity index (χ1n) is 13.0. The molecule has 1 atom stereocenters. The number of hydrogen-bond acceptors (Lipinski definition) is 7. The second-order valence-electron chi connectivity index (χ2n) is 10.1. The Kier molecular flexibility index (Phi) is 8.20. The Morgan fingerprint density at radius 1 is 0.947 bits per heavy atom. The summed E-state index contributed by atoms with van der Waals surface area (Å²) in [5, 5.41) is 10.2. The standard InChI is InChI=1S/C30H34N4O4/c1-37-26-16-33(17-26)14-23-7-5-21(6-8-23)3-4-22-9-11-24(12-10-22)25(15-34-18-27(19-34)38-2)13-28-29(35)30(36)32-20-31-28/h5-12,20,25-27,35H,13-19H2,1-2H3,(H,31,32,36). The molecule has 2 fully saturated rings. The summed E-state index contributed by atoms with van der Waals surface area (Å²) in [6.45, 7) is 5.44. The maximum absolute atomic E-state index is 11.9. The van der Waals surface area contributed by atoms with Gasteiger partial charge in [-0.25, -0.2) is 4.98 Å².